The first-order valence-electron chi connectivity index (χ1n) is 8.24. The van der Waals surface area contributed by atoms with E-state index in [9.17, 15) is 18.0 Å². The first kappa shape index (κ1) is 18.0. The monoisotopic (exact) mass is 372 g/mol. The van der Waals surface area contributed by atoms with Crippen molar-refractivity contribution in [2.75, 3.05) is 11.9 Å². The summed E-state index contributed by atoms with van der Waals surface area (Å²) in [4.78, 5) is 14.1. The van der Waals surface area contributed by atoms with E-state index in [0.717, 1.165) is 31.4 Å². The van der Waals surface area contributed by atoms with Crippen LogP contribution >= 0.6 is 12.2 Å². The summed E-state index contributed by atoms with van der Waals surface area (Å²) in [5.74, 6) is -0.131. The molecule has 3 unspecified atom stereocenters. The van der Waals surface area contributed by atoms with Gasteiger partial charge in [-0.05, 0) is 62.5 Å². The van der Waals surface area contributed by atoms with Gasteiger partial charge in [-0.25, -0.2) is 4.79 Å². The molecular weight excluding hydrogens is 353 g/mol. The Hall–Kier alpha value is -1.83. The van der Waals surface area contributed by atoms with Crippen LogP contribution in [-0.4, -0.2) is 34.7 Å². The van der Waals surface area contributed by atoms with E-state index in [4.69, 9.17) is 17.0 Å². The van der Waals surface area contributed by atoms with Gasteiger partial charge < -0.3 is 15.0 Å². The topological polar surface area (TPSA) is 41.6 Å². The minimum Gasteiger partial charge on any atom is -0.464 e. The Morgan fingerprint density at radius 3 is 2.84 bits per heavy atom. The molecule has 0 spiro atoms. The van der Waals surface area contributed by atoms with E-state index in [1.54, 1.807) is 6.92 Å². The normalized spacial score (nSPS) is 25.1. The number of piperidine rings is 1. The van der Waals surface area contributed by atoms with Gasteiger partial charge in [-0.15, -0.1) is 0 Å². The molecule has 1 aliphatic heterocycles. The van der Waals surface area contributed by atoms with Crippen LogP contribution in [0.3, 0.4) is 0 Å². The van der Waals surface area contributed by atoms with Gasteiger partial charge >= 0.3 is 12.1 Å². The number of nitrogens with zero attached hydrogens (tertiary/aromatic N) is 1. The molecule has 1 saturated carbocycles. The van der Waals surface area contributed by atoms with Crippen LogP contribution in [0.4, 0.5) is 18.9 Å². The number of alkyl halides is 3. The molecule has 3 atom stereocenters. The summed E-state index contributed by atoms with van der Waals surface area (Å²) in [6, 6.07) is 4.55. The van der Waals surface area contributed by atoms with Crippen molar-refractivity contribution in [3.05, 3.63) is 29.8 Å². The summed E-state index contributed by atoms with van der Waals surface area (Å²) >= 11 is 5.40. The molecule has 1 N–H and O–H groups in total. The van der Waals surface area contributed by atoms with Crippen molar-refractivity contribution in [2.24, 2.45) is 5.92 Å². The fourth-order valence-electron chi connectivity index (χ4n) is 3.77. The second kappa shape index (κ2) is 6.82. The van der Waals surface area contributed by atoms with Crippen LogP contribution < -0.4 is 5.32 Å². The number of likely N-dealkylation sites (tertiary alicyclic amines) is 1. The number of hydrogen-bond acceptors (Lipinski definition) is 3. The Kier molecular flexibility index (Phi) is 4.90. The molecule has 0 aromatic heterocycles. The average molecular weight is 372 g/mol. The maximum Gasteiger partial charge on any atom is 0.416 e. The SMILES string of the molecule is CCOC(=O)C1C2CCC(C2)N1C(=S)Nc1cccc(C(F)(F)F)c1. The van der Waals surface area contributed by atoms with Gasteiger partial charge in [-0.2, -0.15) is 13.2 Å². The highest BCUT2D eigenvalue weighted by Gasteiger charge is 2.51. The summed E-state index contributed by atoms with van der Waals surface area (Å²) in [6.07, 6.45) is -1.70. The number of anilines is 1. The number of rotatable bonds is 3. The van der Waals surface area contributed by atoms with Crippen molar-refractivity contribution in [2.45, 2.75) is 44.4 Å². The third-order valence-corrected chi connectivity index (χ3v) is 5.10. The molecule has 136 valence electrons. The summed E-state index contributed by atoms with van der Waals surface area (Å²) in [5, 5.41) is 3.13. The highest BCUT2D eigenvalue weighted by Crippen LogP contribution is 2.43. The first-order valence-corrected chi connectivity index (χ1v) is 8.65. The minimum absolute atomic E-state index is 0.130. The average Bonchev–Trinajstić information content (AvgIpc) is 3.15. The third kappa shape index (κ3) is 3.58. The number of carbonyl (C=O) groups is 1. The molecule has 0 radical (unpaired) electrons. The number of carbonyl (C=O) groups excluding carboxylic acids is 1. The molecule has 2 bridgehead atoms. The van der Waals surface area contributed by atoms with E-state index in [1.807, 2.05) is 4.90 Å². The predicted molar refractivity (Wildman–Crippen MR) is 91.1 cm³/mol. The lowest BCUT2D eigenvalue weighted by atomic mass is 9.99. The summed E-state index contributed by atoms with van der Waals surface area (Å²) < 4.78 is 43.7. The van der Waals surface area contributed by atoms with E-state index in [0.29, 0.717) is 0 Å². The van der Waals surface area contributed by atoms with Crippen LogP contribution in [0.25, 0.3) is 0 Å². The zero-order chi connectivity index (χ0) is 18.2. The van der Waals surface area contributed by atoms with Gasteiger partial charge in [-0.1, -0.05) is 6.07 Å². The molecule has 0 amide bonds. The van der Waals surface area contributed by atoms with Gasteiger partial charge in [0.2, 0.25) is 0 Å². The molecular formula is C17H19F3N2O2S. The van der Waals surface area contributed by atoms with Gasteiger partial charge in [0.05, 0.1) is 12.2 Å². The van der Waals surface area contributed by atoms with Gasteiger partial charge in [0.25, 0.3) is 0 Å². The van der Waals surface area contributed by atoms with Crippen LogP contribution in [0.15, 0.2) is 24.3 Å². The molecule has 1 aromatic carbocycles. The lowest BCUT2D eigenvalue weighted by Crippen LogP contribution is -2.51. The zero-order valence-electron chi connectivity index (χ0n) is 13.7. The van der Waals surface area contributed by atoms with Crippen LogP contribution in [-0.2, 0) is 15.7 Å². The molecule has 8 heteroatoms. The van der Waals surface area contributed by atoms with E-state index >= 15 is 0 Å². The van der Waals surface area contributed by atoms with Crippen LogP contribution in [0.5, 0.6) is 0 Å². The first-order chi connectivity index (χ1) is 11.8. The number of fused-ring (bicyclic) bond motifs is 2. The minimum atomic E-state index is -4.42. The molecule has 1 saturated heterocycles. The fourth-order valence-corrected chi connectivity index (χ4v) is 4.15. The summed E-state index contributed by atoms with van der Waals surface area (Å²) in [5.41, 5.74) is -0.490. The van der Waals surface area contributed by atoms with Gasteiger partial charge in [0, 0.05) is 11.7 Å². The molecule has 2 aliphatic rings. The van der Waals surface area contributed by atoms with Crippen molar-refractivity contribution >= 4 is 29.0 Å². The predicted octanol–water partition coefficient (Wildman–Crippen LogP) is 3.82. The molecule has 4 nitrogen and oxygen atoms in total. The van der Waals surface area contributed by atoms with E-state index < -0.39 is 17.8 Å². The summed E-state index contributed by atoms with van der Waals surface area (Å²) in [6.45, 7) is 2.03. The van der Waals surface area contributed by atoms with Crippen molar-refractivity contribution in [1.82, 2.24) is 4.90 Å². The van der Waals surface area contributed by atoms with Crippen molar-refractivity contribution in [3.63, 3.8) is 0 Å². The number of nitrogens with one attached hydrogen (secondary N) is 1. The van der Waals surface area contributed by atoms with E-state index in [-0.39, 0.29) is 35.3 Å². The zero-order valence-corrected chi connectivity index (χ0v) is 14.5. The van der Waals surface area contributed by atoms with Crippen LogP contribution in [0.2, 0.25) is 0 Å². The number of thiocarbonyl (C=S) groups is 1. The number of halogens is 3. The Morgan fingerprint density at radius 2 is 2.16 bits per heavy atom. The molecule has 3 rings (SSSR count). The molecule has 1 aromatic rings. The molecule has 1 heterocycles. The van der Waals surface area contributed by atoms with Crippen molar-refractivity contribution < 1.29 is 22.7 Å². The van der Waals surface area contributed by atoms with Crippen molar-refractivity contribution in [3.8, 4) is 0 Å². The Labute approximate surface area is 149 Å². The Balaban J connectivity index is 1.77. The van der Waals surface area contributed by atoms with Crippen LogP contribution in [0.1, 0.15) is 31.7 Å². The highest BCUT2D eigenvalue weighted by molar-refractivity contribution is 7.80. The smallest absolute Gasteiger partial charge is 0.416 e. The third-order valence-electron chi connectivity index (χ3n) is 4.79. The second-order valence-electron chi connectivity index (χ2n) is 6.34. The lowest BCUT2D eigenvalue weighted by Gasteiger charge is -2.35. The summed E-state index contributed by atoms with van der Waals surface area (Å²) in [7, 11) is 0. The quantitative estimate of drug-likeness (QED) is 0.645. The molecule has 2 fully saturated rings. The Morgan fingerprint density at radius 1 is 1.40 bits per heavy atom. The van der Waals surface area contributed by atoms with Crippen molar-refractivity contribution in [1.29, 1.82) is 0 Å². The molecule has 25 heavy (non-hydrogen) atoms. The number of benzene rings is 1. The van der Waals surface area contributed by atoms with E-state index in [2.05, 4.69) is 5.32 Å². The van der Waals surface area contributed by atoms with Crippen LogP contribution in [0, 0.1) is 5.92 Å². The number of hydrogen-bond donors (Lipinski definition) is 1. The molecule has 1 aliphatic carbocycles. The number of esters is 1. The standard InChI is InChI=1S/C17H19F3N2O2S/c1-2-24-15(23)14-10-6-7-13(8-10)22(14)16(25)21-12-5-3-4-11(9-12)17(18,19)20/h3-5,9-10,13-14H,2,6-8H2,1H3,(H,21,25). The van der Waals surface area contributed by atoms with Gasteiger partial charge in [-0.3, -0.25) is 0 Å². The largest absolute Gasteiger partial charge is 0.464 e. The lowest BCUT2D eigenvalue weighted by molar-refractivity contribution is -0.149. The maximum absolute atomic E-state index is 12.8. The van der Waals surface area contributed by atoms with Gasteiger partial charge in [0.1, 0.15) is 6.04 Å². The Bertz CT molecular complexity index is 680. The number of ether oxygens (including phenoxy) is 1. The van der Waals surface area contributed by atoms with E-state index in [1.165, 1.54) is 12.1 Å². The maximum atomic E-state index is 12.8. The second-order valence-corrected chi connectivity index (χ2v) is 6.73. The fraction of sp³-hybridized carbons (Fsp3) is 0.529. The highest BCUT2D eigenvalue weighted by atomic mass is 32.1. The van der Waals surface area contributed by atoms with Gasteiger partial charge in [0.15, 0.2) is 5.11 Å².